The van der Waals surface area contributed by atoms with Crippen molar-refractivity contribution in [3.05, 3.63) is 0 Å². The number of halogens is 3. The zero-order chi connectivity index (χ0) is 10.8. The lowest BCUT2D eigenvalue weighted by Crippen LogP contribution is -2.51. The summed E-state index contributed by atoms with van der Waals surface area (Å²) >= 11 is 0. The second kappa shape index (κ2) is 4.06. The minimum absolute atomic E-state index is 0.00347. The van der Waals surface area contributed by atoms with Gasteiger partial charge in [0, 0.05) is 7.11 Å². The summed E-state index contributed by atoms with van der Waals surface area (Å²) in [6.45, 7) is 0.307. The maximum absolute atomic E-state index is 12.7. The van der Waals surface area contributed by atoms with Gasteiger partial charge < -0.3 is 10.5 Å². The molecule has 2 N–H and O–H groups in total. The van der Waals surface area contributed by atoms with Crippen LogP contribution in [0.15, 0.2) is 0 Å². The van der Waals surface area contributed by atoms with Crippen molar-refractivity contribution in [2.24, 2.45) is 11.7 Å². The van der Waals surface area contributed by atoms with Gasteiger partial charge in [-0.25, -0.2) is 0 Å². The Balaban J connectivity index is 2.78. The van der Waals surface area contributed by atoms with Crippen LogP contribution in [0.5, 0.6) is 0 Å². The molecular formula is C9H16F3NO. The van der Waals surface area contributed by atoms with Gasteiger partial charge in [0.2, 0.25) is 0 Å². The zero-order valence-corrected chi connectivity index (χ0v) is 8.23. The van der Waals surface area contributed by atoms with Crippen LogP contribution in [-0.2, 0) is 4.74 Å². The van der Waals surface area contributed by atoms with Crippen LogP contribution in [0.1, 0.15) is 25.7 Å². The summed E-state index contributed by atoms with van der Waals surface area (Å²) in [5.74, 6) is -0.0645. The molecule has 0 amide bonds. The summed E-state index contributed by atoms with van der Waals surface area (Å²) in [6, 6.07) is 0. The quantitative estimate of drug-likeness (QED) is 0.759. The molecule has 0 aromatic carbocycles. The molecule has 1 fully saturated rings. The van der Waals surface area contributed by atoms with Crippen molar-refractivity contribution in [2.75, 3.05) is 13.7 Å². The van der Waals surface area contributed by atoms with E-state index in [1.54, 1.807) is 0 Å². The number of hydrogen-bond acceptors (Lipinski definition) is 2. The van der Waals surface area contributed by atoms with Gasteiger partial charge in [0.15, 0.2) is 5.60 Å². The molecule has 0 aliphatic heterocycles. The van der Waals surface area contributed by atoms with Gasteiger partial charge in [-0.1, -0.05) is 0 Å². The highest BCUT2D eigenvalue weighted by atomic mass is 19.4. The molecule has 2 nitrogen and oxygen atoms in total. The number of ether oxygens (including phenoxy) is 1. The number of nitrogens with two attached hydrogens (primary N) is 1. The first-order valence-corrected chi connectivity index (χ1v) is 4.77. The fourth-order valence-corrected chi connectivity index (χ4v) is 2.11. The molecule has 0 spiro atoms. The van der Waals surface area contributed by atoms with Crippen molar-refractivity contribution in [2.45, 2.75) is 37.5 Å². The maximum atomic E-state index is 12.7. The largest absolute Gasteiger partial charge is 0.417 e. The third kappa shape index (κ3) is 2.03. The van der Waals surface area contributed by atoms with Crippen LogP contribution in [0.2, 0.25) is 0 Å². The van der Waals surface area contributed by atoms with Crippen molar-refractivity contribution in [3.8, 4) is 0 Å². The predicted molar refractivity (Wildman–Crippen MR) is 46.8 cm³/mol. The second-order valence-electron chi connectivity index (χ2n) is 3.89. The third-order valence-electron chi connectivity index (χ3n) is 3.05. The smallest absolute Gasteiger partial charge is 0.369 e. The normalized spacial score (nSPS) is 34.5. The Hall–Kier alpha value is -0.290. The van der Waals surface area contributed by atoms with Gasteiger partial charge in [-0.05, 0) is 38.1 Å². The molecule has 0 aromatic rings. The molecule has 0 saturated heterocycles. The fourth-order valence-electron chi connectivity index (χ4n) is 2.11. The summed E-state index contributed by atoms with van der Waals surface area (Å²) in [7, 11) is 1.13. The molecule has 2 atom stereocenters. The third-order valence-corrected chi connectivity index (χ3v) is 3.05. The SMILES string of the molecule is COC1(C(F)(F)F)CCCC(CN)C1. The molecule has 1 rings (SSSR count). The topological polar surface area (TPSA) is 35.2 Å². The fraction of sp³-hybridized carbons (Fsp3) is 1.00. The van der Waals surface area contributed by atoms with Crippen molar-refractivity contribution in [3.63, 3.8) is 0 Å². The molecule has 0 heterocycles. The lowest BCUT2D eigenvalue weighted by atomic mass is 9.77. The van der Waals surface area contributed by atoms with Gasteiger partial charge in [-0.2, -0.15) is 13.2 Å². The van der Waals surface area contributed by atoms with E-state index >= 15 is 0 Å². The molecule has 2 unspecified atom stereocenters. The van der Waals surface area contributed by atoms with Crippen molar-refractivity contribution in [1.29, 1.82) is 0 Å². The van der Waals surface area contributed by atoms with Crippen LogP contribution in [0, 0.1) is 5.92 Å². The Morgan fingerprint density at radius 2 is 2.14 bits per heavy atom. The van der Waals surface area contributed by atoms with Crippen LogP contribution in [0.25, 0.3) is 0 Å². The van der Waals surface area contributed by atoms with E-state index in [1.807, 2.05) is 0 Å². The minimum Gasteiger partial charge on any atom is -0.369 e. The maximum Gasteiger partial charge on any atom is 0.417 e. The standard InChI is InChI=1S/C9H16F3NO/c1-14-8(9(10,11)12)4-2-3-7(5-8)6-13/h7H,2-6,13H2,1H3. The predicted octanol–water partition coefficient (Wildman–Crippen LogP) is 2.08. The molecule has 84 valence electrons. The van der Waals surface area contributed by atoms with E-state index in [-0.39, 0.29) is 18.8 Å². The van der Waals surface area contributed by atoms with Gasteiger partial charge in [0.05, 0.1) is 0 Å². The van der Waals surface area contributed by atoms with Gasteiger partial charge in [-0.3, -0.25) is 0 Å². The monoisotopic (exact) mass is 211 g/mol. The molecule has 1 aliphatic rings. The lowest BCUT2D eigenvalue weighted by molar-refractivity contribution is -0.283. The van der Waals surface area contributed by atoms with Crippen molar-refractivity contribution in [1.82, 2.24) is 0 Å². The van der Waals surface area contributed by atoms with Crippen molar-refractivity contribution >= 4 is 0 Å². The summed E-state index contributed by atoms with van der Waals surface area (Å²) in [5.41, 5.74) is 3.45. The van der Waals surface area contributed by atoms with E-state index in [2.05, 4.69) is 0 Å². The van der Waals surface area contributed by atoms with Gasteiger partial charge >= 0.3 is 6.18 Å². The Bertz CT molecular complexity index is 195. The van der Waals surface area contributed by atoms with E-state index < -0.39 is 11.8 Å². The molecular weight excluding hydrogens is 195 g/mol. The van der Waals surface area contributed by atoms with Crippen LogP contribution in [0.4, 0.5) is 13.2 Å². The molecule has 0 aromatic heterocycles. The van der Waals surface area contributed by atoms with Crippen LogP contribution >= 0.6 is 0 Å². The average molecular weight is 211 g/mol. The Morgan fingerprint density at radius 1 is 1.50 bits per heavy atom. The van der Waals surface area contributed by atoms with Gasteiger partial charge in [0.25, 0.3) is 0 Å². The van der Waals surface area contributed by atoms with Crippen molar-refractivity contribution < 1.29 is 17.9 Å². The van der Waals surface area contributed by atoms with E-state index in [9.17, 15) is 13.2 Å². The number of methoxy groups -OCH3 is 1. The lowest BCUT2D eigenvalue weighted by Gasteiger charge is -2.40. The minimum atomic E-state index is -4.28. The van der Waals surface area contributed by atoms with Gasteiger partial charge in [0.1, 0.15) is 0 Å². The highest BCUT2D eigenvalue weighted by molar-refractivity contribution is 4.94. The van der Waals surface area contributed by atoms with Crippen LogP contribution in [0.3, 0.4) is 0 Å². The molecule has 14 heavy (non-hydrogen) atoms. The van der Waals surface area contributed by atoms with E-state index in [0.29, 0.717) is 13.0 Å². The molecule has 0 radical (unpaired) electrons. The zero-order valence-electron chi connectivity index (χ0n) is 8.23. The Kier molecular flexibility index (Phi) is 3.42. The second-order valence-corrected chi connectivity index (χ2v) is 3.89. The molecule has 0 bridgehead atoms. The number of rotatable bonds is 2. The summed E-state index contributed by atoms with van der Waals surface area (Å²) in [5, 5.41) is 0. The first-order chi connectivity index (χ1) is 6.45. The summed E-state index contributed by atoms with van der Waals surface area (Å²) in [6.07, 6.45) is -2.91. The van der Waals surface area contributed by atoms with Crippen LogP contribution < -0.4 is 5.73 Å². The Labute approximate surface area is 81.6 Å². The van der Waals surface area contributed by atoms with E-state index in [4.69, 9.17) is 10.5 Å². The Morgan fingerprint density at radius 3 is 2.57 bits per heavy atom. The van der Waals surface area contributed by atoms with Gasteiger partial charge in [-0.15, -0.1) is 0 Å². The first kappa shape index (κ1) is 11.8. The summed E-state index contributed by atoms with van der Waals surface area (Å²) in [4.78, 5) is 0. The number of alkyl halides is 3. The molecule has 5 heteroatoms. The van der Waals surface area contributed by atoms with E-state index in [0.717, 1.165) is 13.5 Å². The average Bonchev–Trinajstić information content (AvgIpc) is 2.16. The van der Waals surface area contributed by atoms with E-state index in [1.165, 1.54) is 0 Å². The molecule has 1 aliphatic carbocycles. The highest BCUT2D eigenvalue weighted by Crippen LogP contribution is 2.45. The summed E-state index contributed by atoms with van der Waals surface area (Å²) < 4.78 is 42.9. The first-order valence-electron chi connectivity index (χ1n) is 4.77. The molecule has 1 saturated carbocycles. The van der Waals surface area contributed by atoms with Crippen LogP contribution in [-0.4, -0.2) is 25.4 Å². The highest BCUT2D eigenvalue weighted by Gasteiger charge is 2.56. The number of hydrogen-bond donors (Lipinski definition) is 1.